The van der Waals surface area contributed by atoms with Crippen LogP contribution in [0.25, 0.3) is 0 Å². The van der Waals surface area contributed by atoms with Gasteiger partial charge < -0.3 is 20.6 Å². The summed E-state index contributed by atoms with van der Waals surface area (Å²) in [6, 6.07) is 7.61. The fraction of sp³-hybridized carbons (Fsp3) is 0.556. The smallest absolute Gasteiger partial charge is 0.242 e. The first-order chi connectivity index (χ1) is 11.5. The Morgan fingerprint density at radius 3 is 2.75 bits per heavy atom. The third-order valence-corrected chi connectivity index (χ3v) is 4.95. The van der Waals surface area contributed by atoms with Crippen molar-refractivity contribution in [2.75, 3.05) is 19.6 Å². The van der Waals surface area contributed by atoms with Crippen molar-refractivity contribution in [1.29, 1.82) is 0 Å². The summed E-state index contributed by atoms with van der Waals surface area (Å²) in [6.45, 7) is 4.20. The van der Waals surface area contributed by atoms with Crippen molar-refractivity contribution in [2.24, 2.45) is 5.92 Å². The fourth-order valence-electron chi connectivity index (χ4n) is 3.37. The van der Waals surface area contributed by atoms with E-state index in [9.17, 15) is 14.7 Å². The van der Waals surface area contributed by atoms with E-state index in [1.165, 1.54) is 5.56 Å². The van der Waals surface area contributed by atoms with Crippen molar-refractivity contribution < 1.29 is 14.7 Å². The Morgan fingerprint density at radius 2 is 2.08 bits per heavy atom. The SMILES string of the molecule is Cc1ccc(CN2C(=O)CCC2C(=O)NCC2CNCC2O)cc1. The molecule has 0 saturated carbocycles. The van der Waals surface area contributed by atoms with Crippen molar-refractivity contribution in [3.63, 3.8) is 0 Å². The molecule has 2 amide bonds. The monoisotopic (exact) mass is 331 g/mol. The highest BCUT2D eigenvalue weighted by molar-refractivity contribution is 5.90. The summed E-state index contributed by atoms with van der Waals surface area (Å²) < 4.78 is 0. The Bertz CT molecular complexity index is 602. The van der Waals surface area contributed by atoms with Gasteiger partial charge in [-0.15, -0.1) is 0 Å². The van der Waals surface area contributed by atoms with Crippen LogP contribution in [0.1, 0.15) is 24.0 Å². The van der Waals surface area contributed by atoms with Gasteiger partial charge >= 0.3 is 0 Å². The Labute approximate surface area is 142 Å². The minimum atomic E-state index is -0.417. The largest absolute Gasteiger partial charge is 0.391 e. The highest BCUT2D eigenvalue weighted by atomic mass is 16.3. The van der Waals surface area contributed by atoms with E-state index in [2.05, 4.69) is 10.6 Å². The van der Waals surface area contributed by atoms with Crippen LogP contribution in [0.5, 0.6) is 0 Å². The number of amides is 2. The van der Waals surface area contributed by atoms with Crippen LogP contribution in [-0.4, -0.2) is 53.6 Å². The molecule has 0 aliphatic carbocycles. The molecule has 1 aromatic rings. The molecule has 0 bridgehead atoms. The van der Waals surface area contributed by atoms with Gasteiger partial charge in [0.05, 0.1) is 6.10 Å². The summed E-state index contributed by atoms with van der Waals surface area (Å²) in [6.07, 6.45) is 0.554. The van der Waals surface area contributed by atoms with Crippen molar-refractivity contribution in [1.82, 2.24) is 15.5 Å². The van der Waals surface area contributed by atoms with E-state index in [0.717, 1.165) is 5.56 Å². The number of hydrogen-bond acceptors (Lipinski definition) is 4. The lowest BCUT2D eigenvalue weighted by molar-refractivity contribution is -0.135. The fourth-order valence-corrected chi connectivity index (χ4v) is 3.37. The molecule has 2 aliphatic heterocycles. The van der Waals surface area contributed by atoms with E-state index < -0.39 is 12.1 Å². The molecule has 3 unspecified atom stereocenters. The van der Waals surface area contributed by atoms with Crippen LogP contribution in [0.4, 0.5) is 0 Å². The maximum absolute atomic E-state index is 12.5. The van der Waals surface area contributed by atoms with Crippen LogP contribution >= 0.6 is 0 Å². The average Bonchev–Trinajstić information content (AvgIpc) is 3.14. The molecular weight excluding hydrogens is 306 g/mol. The van der Waals surface area contributed by atoms with Crippen LogP contribution in [0, 0.1) is 12.8 Å². The maximum Gasteiger partial charge on any atom is 0.242 e. The molecule has 3 rings (SSSR count). The van der Waals surface area contributed by atoms with Gasteiger partial charge in [-0.25, -0.2) is 0 Å². The summed E-state index contributed by atoms with van der Waals surface area (Å²) in [5, 5.41) is 15.8. The molecule has 6 heteroatoms. The van der Waals surface area contributed by atoms with Gasteiger partial charge in [0.25, 0.3) is 0 Å². The van der Waals surface area contributed by atoms with Crippen LogP contribution in [-0.2, 0) is 16.1 Å². The van der Waals surface area contributed by atoms with Crippen LogP contribution in [0.3, 0.4) is 0 Å². The molecular formula is C18H25N3O3. The first-order valence-electron chi connectivity index (χ1n) is 8.56. The number of aliphatic hydroxyl groups is 1. The second-order valence-electron chi connectivity index (χ2n) is 6.79. The molecule has 3 atom stereocenters. The lowest BCUT2D eigenvalue weighted by Gasteiger charge is -2.25. The lowest BCUT2D eigenvalue weighted by atomic mass is 10.1. The molecule has 2 aliphatic rings. The summed E-state index contributed by atoms with van der Waals surface area (Å²) in [5.41, 5.74) is 2.20. The Hall–Kier alpha value is -1.92. The number of aliphatic hydroxyl groups excluding tert-OH is 1. The minimum Gasteiger partial charge on any atom is -0.391 e. The molecule has 130 valence electrons. The third-order valence-electron chi connectivity index (χ3n) is 4.95. The number of hydrogen-bond donors (Lipinski definition) is 3. The van der Waals surface area contributed by atoms with Crippen molar-refractivity contribution in [3.8, 4) is 0 Å². The molecule has 24 heavy (non-hydrogen) atoms. The van der Waals surface area contributed by atoms with E-state index in [1.807, 2.05) is 31.2 Å². The predicted molar refractivity (Wildman–Crippen MR) is 90.1 cm³/mol. The molecule has 0 aromatic heterocycles. The molecule has 0 spiro atoms. The Kier molecular flexibility index (Phi) is 5.16. The number of carbonyl (C=O) groups is 2. The second kappa shape index (κ2) is 7.32. The molecule has 2 fully saturated rings. The van der Waals surface area contributed by atoms with E-state index in [0.29, 0.717) is 39.0 Å². The zero-order valence-corrected chi connectivity index (χ0v) is 14.0. The van der Waals surface area contributed by atoms with Crippen LogP contribution < -0.4 is 10.6 Å². The van der Waals surface area contributed by atoms with Gasteiger partial charge in [0.15, 0.2) is 0 Å². The third kappa shape index (κ3) is 3.76. The Morgan fingerprint density at radius 1 is 1.33 bits per heavy atom. The normalized spacial score (nSPS) is 26.8. The maximum atomic E-state index is 12.5. The zero-order valence-electron chi connectivity index (χ0n) is 14.0. The van der Waals surface area contributed by atoms with Crippen molar-refractivity contribution >= 4 is 11.8 Å². The summed E-state index contributed by atoms with van der Waals surface area (Å²) in [4.78, 5) is 26.3. The van der Waals surface area contributed by atoms with E-state index >= 15 is 0 Å². The van der Waals surface area contributed by atoms with Crippen LogP contribution in [0.15, 0.2) is 24.3 Å². The molecule has 0 radical (unpaired) electrons. The topological polar surface area (TPSA) is 81.7 Å². The summed E-state index contributed by atoms with van der Waals surface area (Å²) in [7, 11) is 0. The first-order valence-corrected chi connectivity index (χ1v) is 8.56. The Balaban J connectivity index is 1.59. The highest BCUT2D eigenvalue weighted by Gasteiger charge is 2.36. The van der Waals surface area contributed by atoms with E-state index in [1.54, 1.807) is 4.90 Å². The number of nitrogens with one attached hydrogen (secondary N) is 2. The van der Waals surface area contributed by atoms with Gasteiger partial charge in [-0.2, -0.15) is 0 Å². The second-order valence-corrected chi connectivity index (χ2v) is 6.79. The molecule has 1 aromatic carbocycles. The summed E-state index contributed by atoms with van der Waals surface area (Å²) >= 11 is 0. The quantitative estimate of drug-likeness (QED) is 0.719. The number of nitrogens with zero attached hydrogens (tertiary/aromatic N) is 1. The molecule has 2 saturated heterocycles. The van der Waals surface area contributed by atoms with Gasteiger partial charge in [-0.05, 0) is 18.9 Å². The van der Waals surface area contributed by atoms with E-state index in [4.69, 9.17) is 0 Å². The number of benzene rings is 1. The molecule has 6 nitrogen and oxygen atoms in total. The average molecular weight is 331 g/mol. The van der Waals surface area contributed by atoms with Crippen molar-refractivity contribution in [2.45, 2.75) is 38.5 Å². The number of aryl methyl sites for hydroxylation is 1. The van der Waals surface area contributed by atoms with Gasteiger partial charge in [-0.1, -0.05) is 29.8 Å². The first kappa shape index (κ1) is 16.9. The number of rotatable bonds is 5. The van der Waals surface area contributed by atoms with Gasteiger partial charge in [0.1, 0.15) is 6.04 Å². The molecule has 3 N–H and O–H groups in total. The van der Waals surface area contributed by atoms with Gasteiger partial charge in [0.2, 0.25) is 11.8 Å². The van der Waals surface area contributed by atoms with Gasteiger partial charge in [0, 0.05) is 38.5 Å². The van der Waals surface area contributed by atoms with Crippen LogP contribution in [0.2, 0.25) is 0 Å². The predicted octanol–water partition coefficient (Wildman–Crippen LogP) is 0.183. The van der Waals surface area contributed by atoms with E-state index in [-0.39, 0.29) is 17.7 Å². The standard InChI is InChI=1S/C18H25N3O3/c1-12-2-4-13(5-3-12)11-21-15(6-7-17(21)23)18(24)20-9-14-8-19-10-16(14)22/h2-5,14-16,19,22H,6-11H2,1H3,(H,20,24). The number of β-amino-alcohol motifs (C(OH)–C–C–N with tert-alkyl or cyclic N) is 1. The lowest BCUT2D eigenvalue weighted by Crippen LogP contribution is -2.46. The highest BCUT2D eigenvalue weighted by Crippen LogP contribution is 2.22. The minimum absolute atomic E-state index is 0.0262. The van der Waals surface area contributed by atoms with Crippen molar-refractivity contribution in [3.05, 3.63) is 35.4 Å². The van der Waals surface area contributed by atoms with Gasteiger partial charge in [-0.3, -0.25) is 9.59 Å². The zero-order chi connectivity index (χ0) is 17.1. The summed E-state index contributed by atoms with van der Waals surface area (Å²) in [5.74, 6) is -0.0537. The molecule has 2 heterocycles. The number of likely N-dealkylation sites (tertiary alicyclic amines) is 1. The number of carbonyl (C=O) groups excluding carboxylic acids is 2.